The molecule has 1 heterocycles. The number of carbonyl (C=O) groups excluding carboxylic acids is 1. The van der Waals surface area contributed by atoms with E-state index in [0.29, 0.717) is 17.4 Å². The molecule has 0 bridgehead atoms. The second-order valence-electron chi connectivity index (χ2n) is 5.59. The van der Waals surface area contributed by atoms with Crippen LogP contribution in [-0.4, -0.2) is 22.8 Å². The van der Waals surface area contributed by atoms with E-state index in [1.54, 1.807) is 0 Å². The molecule has 0 saturated carbocycles. The zero-order valence-electron chi connectivity index (χ0n) is 14.4. The lowest BCUT2D eigenvalue weighted by Crippen LogP contribution is -2.19. The van der Waals surface area contributed by atoms with Crippen molar-refractivity contribution in [3.63, 3.8) is 0 Å². The first-order chi connectivity index (χ1) is 12.7. The maximum Gasteiger partial charge on any atom is 0.325 e. The largest absolute Gasteiger partial charge is 0.494 e. The highest BCUT2D eigenvalue weighted by molar-refractivity contribution is 7.18. The van der Waals surface area contributed by atoms with Gasteiger partial charge in [-0.15, -0.1) is 10.2 Å². The normalized spacial score (nSPS) is 10.3. The van der Waals surface area contributed by atoms with Gasteiger partial charge in [0.2, 0.25) is 5.13 Å². The number of nitrogens with zero attached hydrogens (tertiary/aromatic N) is 2. The molecule has 2 N–H and O–H groups in total. The summed E-state index contributed by atoms with van der Waals surface area (Å²) in [5.74, 6) is 0.808. The third-order valence-corrected chi connectivity index (χ3v) is 4.41. The van der Waals surface area contributed by atoms with E-state index in [-0.39, 0.29) is 6.03 Å². The highest BCUT2D eigenvalue weighted by Crippen LogP contribution is 2.29. The van der Waals surface area contributed by atoms with Crippen molar-refractivity contribution < 1.29 is 9.53 Å². The summed E-state index contributed by atoms with van der Waals surface area (Å²) in [6.45, 7) is 2.83. The van der Waals surface area contributed by atoms with Gasteiger partial charge in [0.1, 0.15) is 10.8 Å². The number of benzene rings is 2. The second-order valence-corrected chi connectivity index (χ2v) is 6.56. The minimum atomic E-state index is -0.351. The van der Waals surface area contributed by atoms with Gasteiger partial charge in [0.25, 0.3) is 0 Å². The Morgan fingerprint density at radius 2 is 1.92 bits per heavy atom. The van der Waals surface area contributed by atoms with E-state index in [2.05, 4.69) is 27.8 Å². The van der Waals surface area contributed by atoms with Crippen molar-refractivity contribution in [3.05, 3.63) is 54.6 Å². The van der Waals surface area contributed by atoms with Gasteiger partial charge in [-0.05, 0) is 30.7 Å². The quantitative estimate of drug-likeness (QED) is 0.574. The van der Waals surface area contributed by atoms with Gasteiger partial charge in [-0.25, -0.2) is 4.79 Å². The van der Waals surface area contributed by atoms with Crippen LogP contribution in [-0.2, 0) is 0 Å². The van der Waals surface area contributed by atoms with Crippen molar-refractivity contribution in [2.24, 2.45) is 0 Å². The highest BCUT2D eigenvalue weighted by atomic mass is 32.1. The fraction of sp³-hybridized carbons (Fsp3) is 0.211. The van der Waals surface area contributed by atoms with Crippen molar-refractivity contribution >= 4 is 28.2 Å². The van der Waals surface area contributed by atoms with Crippen LogP contribution >= 0.6 is 11.3 Å². The number of ether oxygens (including phenoxy) is 1. The van der Waals surface area contributed by atoms with Crippen LogP contribution in [0, 0.1) is 0 Å². The summed E-state index contributed by atoms with van der Waals surface area (Å²) in [5.41, 5.74) is 1.62. The average Bonchev–Trinajstić information content (AvgIpc) is 3.11. The van der Waals surface area contributed by atoms with Gasteiger partial charge in [0, 0.05) is 11.3 Å². The molecule has 7 heteroatoms. The first kappa shape index (κ1) is 17.9. The Morgan fingerprint density at radius 1 is 1.08 bits per heavy atom. The number of hydrogen-bond acceptors (Lipinski definition) is 5. The molecule has 1 aromatic heterocycles. The summed E-state index contributed by atoms with van der Waals surface area (Å²) in [7, 11) is 0. The number of rotatable bonds is 7. The molecule has 26 heavy (non-hydrogen) atoms. The fourth-order valence-electron chi connectivity index (χ4n) is 2.22. The molecule has 0 unspecified atom stereocenters. The molecule has 0 aliphatic rings. The third-order valence-electron chi connectivity index (χ3n) is 3.52. The van der Waals surface area contributed by atoms with Crippen molar-refractivity contribution in [1.82, 2.24) is 10.2 Å². The van der Waals surface area contributed by atoms with Gasteiger partial charge >= 0.3 is 6.03 Å². The summed E-state index contributed by atoms with van der Waals surface area (Å²) in [4.78, 5) is 12.0. The second kappa shape index (κ2) is 8.96. The van der Waals surface area contributed by atoms with Crippen LogP contribution in [0.15, 0.2) is 54.6 Å². The molecule has 3 aromatic rings. The van der Waals surface area contributed by atoms with E-state index in [0.717, 1.165) is 29.2 Å². The van der Waals surface area contributed by atoms with Crippen molar-refractivity contribution in [3.8, 4) is 16.3 Å². The van der Waals surface area contributed by atoms with Crippen LogP contribution in [0.1, 0.15) is 19.8 Å². The Morgan fingerprint density at radius 3 is 2.73 bits per heavy atom. The molecular weight excluding hydrogens is 348 g/mol. The standard InChI is InChI=1S/C19H20N4O2S/c1-2-3-12-25-16-11-7-8-14(13-16)17-22-23-19(26-17)21-18(24)20-15-9-5-4-6-10-15/h4-11,13H,2-3,12H2,1H3,(H2,20,21,23,24). The lowest BCUT2D eigenvalue weighted by Gasteiger charge is -2.06. The Hall–Kier alpha value is -2.93. The molecule has 3 rings (SSSR count). The van der Waals surface area contributed by atoms with Crippen LogP contribution in [0.3, 0.4) is 0 Å². The summed E-state index contributed by atoms with van der Waals surface area (Å²) in [5, 5.41) is 14.8. The third kappa shape index (κ3) is 5.03. The van der Waals surface area contributed by atoms with Gasteiger partial charge in [-0.2, -0.15) is 0 Å². The van der Waals surface area contributed by atoms with Crippen LogP contribution in [0.4, 0.5) is 15.6 Å². The van der Waals surface area contributed by atoms with Gasteiger partial charge < -0.3 is 10.1 Å². The van der Waals surface area contributed by atoms with E-state index < -0.39 is 0 Å². The molecule has 134 valence electrons. The van der Waals surface area contributed by atoms with Crippen LogP contribution < -0.4 is 15.4 Å². The lowest BCUT2D eigenvalue weighted by molar-refractivity contribution is 0.262. The molecule has 0 aliphatic heterocycles. The first-order valence-corrected chi connectivity index (χ1v) is 9.26. The maximum absolute atomic E-state index is 12.0. The number of carbonyl (C=O) groups is 1. The van der Waals surface area contributed by atoms with E-state index in [1.807, 2.05) is 54.6 Å². The number of amides is 2. The van der Waals surface area contributed by atoms with E-state index in [1.165, 1.54) is 11.3 Å². The number of aromatic nitrogens is 2. The minimum Gasteiger partial charge on any atom is -0.494 e. The monoisotopic (exact) mass is 368 g/mol. The number of nitrogens with one attached hydrogen (secondary N) is 2. The van der Waals surface area contributed by atoms with Gasteiger partial charge in [-0.1, -0.05) is 55.0 Å². The molecule has 2 amide bonds. The predicted octanol–water partition coefficient (Wildman–Crippen LogP) is 5.03. The smallest absolute Gasteiger partial charge is 0.325 e. The Labute approximate surface area is 156 Å². The van der Waals surface area contributed by atoms with E-state index in [4.69, 9.17) is 4.74 Å². The zero-order valence-corrected chi connectivity index (χ0v) is 15.3. The summed E-state index contributed by atoms with van der Waals surface area (Å²) >= 11 is 1.31. The topological polar surface area (TPSA) is 76.1 Å². The molecule has 0 fully saturated rings. The van der Waals surface area contributed by atoms with Crippen LogP contribution in [0.25, 0.3) is 10.6 Å². The summed E-state index contributed by atoms with van der Waals surface area (Å²) < 4.78 is 5.72. The van der Waals surface area contributed by atoms with E-state index in [9.17, 15) is 4.79 Å². The Balaban J connectivity index is 1.62. The molecule has 2 aromatic carbocycles. The molecule has 0 aliphatic carbocycles. The molecular formula is C19H20N4O2S. The minimum absolute atomic E-state index is 0.351. The van der Waals surface area contributed by atoms with Crippen molar-refractivity contribution in [2.75, 3.05) is 17.2 Å². The van der Waals surface area contributed by atoms with Crippen molar-refractivity contribution in [1.29, 1.82) is 0 Å². The van der Waals surface area contributed by atoms with Crippen LogP contribution in [0.2, 0.25) is 0 Å². The number of unbranched alkanes of at least 4 members (excludes halogenated alkanes) is 1. The number of anilines is 2. The molecule has 0 spiro atoms. The molecule has 0 atom stereocenters. The first-order valence-electron chi connectivity index (χ1n) is 8.44. The highest BCUT2D eigenvalue weighted by Gasteiger charge is 2.10. The summed E-state index contributed by atoms with van der Waals surface area (Å²) in [6, 6.07) is 16.6. The molecule has 0 saturated heterocycles. The van der Waals surface area contributed by atoms with E-state index >= 15 is 0 Å². The van der Waals surface area contributed by atoms with Gasteiger partial charge in [-0.3, -0.25) is 5.32 Å². The fourth-order valence-corrected chi connectivity index (χ4v) is 2.96. The predicted molar refractivity (Wildman–Crippen MR) is 105 cm³/mol. The van der Waals surface area contributed by atoms with Gasteiger partial charge in [0.15, 0.2) is 0 Å². The Kier molecular flexibility index (Phi) is 6.16. The maximum atomic E-state index is 12.0. The number of urea groups is 1. The lowest BCUT2D eigenvalue weighted by atomic mass is 10.2. The average molecular weight is 368 g/mol. The SMILES string of the molecule is CCCCOc1cccc(-c2nnc(NC(=O)Nc3ccccc3)s2)c1. The zero-order chi connectivity index (χ0) is 18.2. The number of hydrogen-bond donors (Lipinski definition) is 2. The Bertz CT molecular complexity index is 852. The van der Waals surface area contributed by atoms with Gasteiger partial charge in [0.05, 0.1) is 6.61 Å². The summed E-state index contributed by atoms with van der Waals surface area (Å²) in [6.07, 6.45) is 2.11. The number of para-hydroxylation sites is 1. The molecule has 0 radical (unpaired) electrons. The molecule has 6 nitrogen and oxygen atoms in total. The van der Waals surface area contributed by atoms with Crippen molar-refractivity contribution in [2.45, 2.75) is 19.8 Å². The van der Waals surface area contributed by atoms with Crippen LogP contribution in [0.5, 0.6) is 5.75 Å².